The van der Waals surface area contributed by atoms with Gasteiger partial charge in [0.25, 0.3) is 0 Å². The Morgan fingerprint density at radius 2 is 2.17 bits per heavy atom. The Morgan fingerprint density at radius 1 is 1.38 bits per heavy atom. The fourth-order valence-corrected chi connectivity index (χ4v) is 2.04. The van der Waals surface area contributed by atoms with E-state index < -0.39 is 0 Å². The van der Waals surface area contributed by atoms with E-state index in [-0.39, 0.29) is 11.9 Å². The lowest BCUT2D eigenvalue weighted by atomic mass is 10.3. The highest BCUT2D eigenvalue weighted by atomic mass is 19.1. The number of hydrogen-bond donors (Lipinski definition) is 2. The minimum absolute atomic E-state index is 0.151. The molecule has 0 amide bonds. The molecular formula is C16H23FN6O. The molecule has 0 aliphatic rings. The zero-order chi connectivity index (χ0) is 17.5. The van der Waals surface area contributed by atoms with Crippen molar-refractivity contribution >= 4 is 5.96 Å². The summed E-state index contributed by atoms with van der Waals surface area (Å²) in [5, 5.41) is 14.4. The molecular weight excluding hydrogens is 311 g/mol. The lowest BCUT2D eigenvalue weighted by Crippen LogP contribution is -2.41. The highest BCUT2D eigenvalue weighted by Crippen LogP contribution is 2.13. The summed E-state index contributed by atoms with van der Waals surface area (Å²) in [7, 11) is 3.60. The molecule has 8 heteroatoms. The summed E-state index contributed by atoms with van der Waals surface area (Å²) in [6.07, 6.45) is -0.151. The average Bonchev–Trinajstić information content (AvgIpc) is 2.87. The molecule has 1 heterocycles. The number of guanidine groups is 1. The van der Waals surface area contributed by atoms with E-state index in [4.69, 9.17) is 4.74 Å². The van der Waals surface area contributed by atoms with Gasteiger partial charge in [0.05, 0.1) is 13.1 Å². The first-order valence-electron chi connectivity index (χ1n) is 7.71. The van der Waals surface area contributed by atoms with Crippen molar-refractivity contribution in [1.82, 2.24) is 25.4 Å². The Hall–Kier alpha value is -2.64. The molecule has 24 heavy (non-hydrogen) atoms. The first kappa shape index (κ1) is 17.7. The Balaban J connectivity index is 1.79. The summed E-state index contributed by atoms with van der Waals surface area (Å²) in [5.74, 6) is 2.49. The van der Waals surface area contributed by atoms with E-state index in [9.17, 15) is 4.39 Å². The van der Waals surface area contributed by atoms with Crippen molar-refractivity contribution in [2.24, 2.45) is 12.0 Å². The van der Waals surface area contributed by atoms with Crippen LogP contribution in [-0.4, -0.2) is 40.4 Å². The molecule has 2 N–H and O–H groups in total. The molecule has 0 fully saturated rings. The van der Waals surface area contributed by atoms with Crippen LogP contribution in [-0.2, 0) is 13.6 Å². The molecule has 1 unspecified atom stereocenters. The fraction of sp³-hybridized carbons (Fsp3) is 0.438. The molecule has 1 aromatic heterocycles. The third-order valence-corrected chi connectivity index (χ3v) is 3.51. The van der Waals surface area contributed by atoms with Gasteiger partial charge in [-0.05, 0) is 26.0 Å². The van der Waals surface area contributed by atoms with Gasteiger partial charge in [-0.3, -0.25) is 4.99 Å². The van der Waals surface area contributed by atoms with Crippen LogP contribution in [0.2, 0.25) is 0 Å². The highest BCUT2D eigenvalue weighted by Gasteiger charge is 2.08. The Kier molecular flexibility index (Phi) is 6.11. The van der Waals surface area contributed by atoms with Gasteiger partial charge in [0.1, 0.15) is 23.5 Å². The third kappa shape index (κ3) is 4.94. The van der Waals surface area contributed by atoms with Gasteiger partial charge in [0.15, 0.2) is 11.8 Å². The molecule has 0 radical (unpaired) electrons. The van der Waals surface area contributed by atoms with Crippen molar-refractivity contribution in [2.75, 3.05) is 13.6 Å². The van der Waals surface area contributed by atoms with Gasteiger partial charge in [0, 0.05) is 20.2 Å². The number of nitrogens with zero attached hydrogens (tertiary/aromatic N) is 4. The smallest absolute Gasteiger partial charge is 0.191 e. The monoisotopic (exact) mass is 334 g/mol. The minimum atomic E-state index is -0.316. The van der Waals surface area contributed by atoms with E-state index in [0.29, 0.717) is 24.8 Å². The number of rotatable bonds is 6. The Bertz CT molecular complexity index is 700. The molecule has 1 aromatic carbocycles. The van der Waals surface area contributed by atoms with Crippen LogP contribution in [0, 0.1) is 12.7 Å². The van der Waals surface area contributed by atoms with Crippen LogP contribution in [0.3, 0.4) is 0 Å². The SMILES string of the molecule is CN=C(NCc1nnc(C)n1C)NCC(C)Oc1cccc(F)c1. The first-order chi connectivity index (χ1) is 11.5. The number of aryl methyl sites for hydroxylation is 1. The van der Waals surface area contributed by atoms with Gasteiger partial charge in [-0.2, -0.15) is 0 Å². The van der Waals surface area contributed by atoms with E-state index in [1.165, 1.54) is 12.1 Å². The van der Waals surface area contributed by atoms with Gasteiger partial charge in [-0.25, -0.2) is 4.39 Å². The average molecular weight is 334 g/mol. The molecule has 7 nitrogen and oxygen atoms in total. The van der Waals surface area contributed by atoms with Crippen LogP contribution in [0.5, 0.6) is 5.75 Å². The predicted molar refractivity (Wildman–Crippen MR) is 90.4 cm³/mol. The lowest BCUT2D eigenvalue weighted by Gasteiger charge is -2.17. The van der Waals surface area contributed by atoms with E-state index in [0.717, 1.165) is 11.6 Å². The molecule has 0 aliphatic carbocycles. The first-order valence-corrected chi connectivity index (χ1v) is 7.71. The second-order valence-corrected chi connectivity index (χ2v) is 5.41. The quantitative estimate of drug-likeness (QED) is 0.617. The maximum Gasteiger partial charge on any atom is 0.191 e. The molecule has 1 atom stereocenters. The summed E-state index contributed by atoms with van der Waals surface area (Å²) < 4.78 is 20.7. The predicted octanol–water partition coefficient (Wildman–Crippen LogP) is 1.40. The number of nitrogens with one attached hydrogen (secondary N) is 2. The van der Waals surface area contributed by atoms with Crippen LogP contribution in [0.1, 0.15) is 18.6 Å². The van der Waals surface area contributed by atoms with Gasteiger partial charge in [0.2, 0.25) is 0 Å². The lowest BCUT2D eigenvalue weighted by molar-refractivity contribution is 0.223. The maximum atomic E-state index is 13.1. The van der Waals surface area contributed by atoms with E-state index in [1.54, 1.807) is 19.2 Å². The van der Waals surface area contributed by atoms with E-state index in [1.807, 2.05) is 25.5 Å². The second kappa shape index (κ2) is 8.28. The molecule has 130 valence electrons. The van der Waals surface area contributed by atoms with Gasteiger partial charge in [-0.15, -0.1) is 10.2 Å². The normalized spacial score (nSPS) is 12.8. The molecule has 0 aliphatic heterocycles. The maximum absolute atomic E-state index is 13.1. The molecule has 0 spiro atoms. The van der Waals surface area contributed by atoms with Crippen LogP contribution in [0.15, 0.2) is 29.3 Å². The Labute approximate surface area is 141 Å². The zero-order valence-corrected chi connectivity index (χ0v) is 14.4. The summed E-state index contributed by atoms with van der Waals surface area (Å²) in [6.45, 7) is 4.83. The largest absolute Gasteiger partial charge is 0.489 e. The van der Waals surface area contributed by atoms with Crippen molar-refractivity contribution in [3.63, 3.8) is 0 Å². The molecule has 2 aromatic rings. The van der Waals surface area contributed by atoms with Crippen molar-refractivity contribution < 1.29 is 9.13 Å². The van der Waals surface area contributed by atoms with Crippen molar-refractivity contribution in [2.45, 2.75) is 26.5 Å². The molecule has 2 rings (SSSR count). The topological polar surface area (TPSA) is 76.4 Å². The van der Waals surface area contributed by atoms with E-state index >= 15 is 0 Å². The number of halogens is 1. The summed E-state index contributed by atoms with van der Waals surface area (Å²) in [6, 6.07) is 6.09. The number of hydrogen-bond acceptors (Lipinski definition) is 4. The van der Waals surface area contributed by atoms with Crippen LogP contribution >= 0.6 is 0 Å². The van der Waals surface area contributed by atoms with Crippen LogP contribution in [0.25, 0.3) is 0 Å². The van der Waals surface area contributed by atoms with Crippen molar-refractivity contribution in [3.05, 3.63) is 41.7 Å². The summed E-state index contributed by atoms with van der Waals surface area (Å²) >= 11 is 0. The number of benzene rings is 1. The van der Waals surface area contributed by atoms with Crippen LogP contribution < -0.4 is 15.4 Å². The highest BCUT2D eigenvalue weighted by molar-refractivity contribution is 5.79. The van der Waals surface area contributed by atoms with Gasteiger partial charge < -0.3 is 19.9 Å². The van der Waals surface area contributed by atoms with Crippen molar-refractivity contribution in [1.29, 1.82) is 0 Å². The summed E-state index contributed by atoms with van der Waals surface area (Å²) in [4.78, 5) is 4.15. The van der Waals surface area contributed by atoms with Crippen LogP contribution in [0.4, 0.5) is 4.39 Å². The minimum Gasteiger partial charge on any atom is -0.489 e. The zero-order valence-electron chi connectivity index (χ0n) is 14.4. The fourth-order valence-electron chi connectivity index (χ4n) is 2.04. The summed E-state index contributed by atoms with van der Waals surface area (Å²) in [5.41, 5.74) is 0. The number of aromatic nitrogens is 3. The standard InChI is InChI=1S/C16H23FN6O/c1-11(24-14-7-5-6-13(17)8-14)9-19-16(18-3)20-10-15-22-21-12(2)23(15)4/h5-8,11H,9-10H2,1-4H3,(H2,18,19,20). The third-order valence-electron chi connectivity index (χ3n) is 3.51. The number of aliphatic imine (C=N–C) groups is 1. The number of ether oxygens (including phenoxy) is 1. The molecule has 0 bridgehead atoms. The van der Waals surface area contributed by atoms with E-state index in [2.05, 4.69) is 25.8 Å². The molecule has 0 saturated carbocycles. The van der Waals surface area contributed by atoms with Gasteiger partial charge >= 0.3 is 0 Å². The second-order valence-electron chi connectivity index (χ2n) is 5.41. The molecule has 0 saturated heterocycles. The van der Waals surface area contributed by atoms with Gasteiger partial charge in [-0.1, -0.05) is 6.07 Å². The van der Waals surface area contributed by atoms with Crippen molar-refractivity contribution in [3.8, 4) is 5.75 Å². The Morgan fingerprint density at radius 3 is 2.79 bits per heavy atom.